The molecule has 0 unspecified atom stereocenters. The second-order valence-corrected chi connectivity index (χ2v) is 8.36. The summed E-state index contributed by atoms with van der Waals surface area (Å²) in [7, 11) is 0. The van der Waals surface area contributed by atoms with Gasteiger partial charge in [0.05, 0.1) is 12.2 Å². The van der Waals surface area contributed by atoms with Crippen LogP contribution >= 0.6 is 23.1 Å². The number of nitrogens with one attached hydrogen (secondary N) is 1. The highest BCUT2D eigenvalue weighted by atomic mass is 32.2. The molecule has 3 aromatic rings. The summed E-state index contributed by atoms with van der Waals surface area (Å²) in [6.07, 6.45) is 0. The summed E-state index contributed by atoms with van der Waals surface area (Å²) in [6.45, 7) is 4.67. The van der Waals surface area contributed by atoms with E-state index >= 15 is 0 Å². The fraction of sp³-hybridized carbons (Fsp3) is 0.143. The number of hydrogen-bond acceptors (Lipinski definition) is 4. The Balaban J connectivity index is 1.62. The number of rotatable bonds is 3. The largest absolute Gasteiger partial charge is 0.347 e. The highest BCUT2D eigenvalue weighted by Crippen LogP contribution is 2.40. The Labute approximate surface area is 161 Å². The summed E-state index contributed by atoms with van der Waals surface area (Å²) >= 11 is 3.34. The minimum atomic E-state index is -0.0725. The van der Waals surface area contributed by atoms with E-state index in [0.29, 0.717) is 12.1 Å². The average Bonchev–Trinajstić information content (AvgIpc) is 3.11. The number of amides is 1. The minimum absolute atomic E-state index is 0.0725. The van der Waals surface area contributed by atoms with Crippen LogP contribution in [0.2, 0.25) is 0 Å². The number of fused-ring (bicyclic) bond motifs is 2. The average molecular weight is 379 g/mol. The molecule has 0 atom stereocenters. The molecule has 1 aliphatic rings. The molecule has 1 amide bonds. The number of carbonyl (C=O) groups is 1. The molecule has 0 aliphatic carbocycles. The Bertz CT molecular complexity index is 1010. The molecule has 0 bridgehead atoms. The topological polar surface area (TPSA) is 41.5 Å². The zero-order chi connectivity index (χ0) is 18.1. The number of thiophene rings is 1. The zero-order valence-electron chi connectivity index (χ0n) is 14.6. The molecule has 1 aromatic heterocycles. The van der Waals surface area contributed by atoms with Gasteiger partial charge < -0.3 is 5.32 Å². The summed E-state index contributed by atoms with van der Waals surface area (Å²) in [6, 6.07) is 16.2. The molecule has 3 nitrogen and oxygen atoms in total. The fourth-order valence-electron chi connectivity index (χ4n) is 2.89. The van der Waals surface area contributed by atoms with E-state index in [1.165, 1.54) is 10.5 Å². The van der Waals surface area contributed by atoms with E-state index in [9.17, 15) is 4.79 Å². The molecule has 0 radical (unpaired) electrons. The predicted molar refractivity (Wildman–Crippen MR) is 109 cm³/mol. The zero-order valence-corrected chi connectivity index (χ0v) is 16.2. The molecular formula is C21H18N2OS2. The van der Waals surface area contributed by atoms with Gasteiger partial charge in [0.2, 0.25) is 0 Å². The first-order valence-electron chi connectivity index (χ1n) is 8.39. The highest BCUT2D eigenvalue weighted by molar-refractivity contribution is 7.99. The van der Waals surface area contributed by atoms with Crippen LogP contribution in [0, 0.1) is 6.92 Å². The lowest BCUT2D eigenvalue weighted by atomic mass is 10.1. The van der Waals surface area contributed by atoms with Crippen molar-refractivity contribution >= 4 is 40.4 Å². The van der Waals surface area contributed by atoms with E-state index in [-0.39, 0.29) is 5.91 Å². The van der Waals surface area contributed by atoms with E-state index < -0.39 is 0 Å². The molecule has 0 spiro atoms. The summed E-state index contributed by atoms with van der Waals surface area (Å²) in [5.74, 6) is -0.0725. The molecule has 0 saturated heterocycles. The summed E-state index contributed by atoms with van der Waals surface area (Å²) in [5.41, 5.74) is 4.85. The van der Waals surface area contributed by atoms with Crippen LogP contribution in [0.15, 0.2) is 68.7 Å². The second-order valence-electron chi connectivity index (χ2n) is 6.24. The van der Waals surface area contributed by atoms with Crippen LogP contribution < -0.4 is 5.32 Å². The number of aryl methyl sites for hydroxylation is 1. The predicted octanol–water partition coefficient (Wildman–Crippen LogP) is 5.59. The van der Waals surface area contributed by atoms with Gasteiger partial charge in [-0.05, 0) is 55.6 Å². The van der Waals surface area contributed by atoms with Crippen LogP contribution in [0.25, 0.3) is 0 Å². The van der Waals surface area contributed by atoms with Gasteiger partial charge in [0.25, 0.3) is 5.91 Å². The number of hydrogen-bond donors (Lipinski definition) is 1. The Hall–Kier alpha value is -2.37. The van der Waals surface area contributed by atoms with Crippen molar-refractivity contribution < 1.29 is 4.79 Å². The molecule has 1 aliphatic heterocycles. The number of carbonyl (C=O) groups excluding carboxylic acids is 1. The van der Waals surface area contributed by atoms with Crippen molar-refractivity contribution in [2.45, 2.75) is 30.2 Å². The Morgan fingerprint density at radius 2 is 1.92 bits per heavy atom. The van der Waals surface area contributed by atoms with Crippen LogP contribution in [0.3, 0.4) is 0 Å². The van der Waals surface area contributed by atoms with Crippen molar-refractivity contribution in [2.24, 2.45) is 4.99 Å². The van der Waals surface area contributed by atoms with Gasteiger partial charge in [-0.25, -0.2) is 0 Å². The Morgan fingerprint density at radius 1 is 1.08 bits per heavy atom. The molecule has 2 aromatic carbocycles. The Morgan fingerprint density at radius 3 is 2.73 bits per heavy atom. The third-order valence-electron chi connectivity index (χ3n) is 4.26. The number of benzene rings is 2. The van der Waals surface area contributed by atoms with Crippen LogP contribution in [0.4, 0.5) is 5.69 Å². The van der Waals surface area contributed by atoms with Gasteiger partial charge in [0.15, 0.2) is 0 Å². The van der Waals surface area contributed by atoms with Gasteiger partial charge >= 0.3 is 0 Å². The monoisotopic (exact) mass is 378 g/mol. The van der Waals surface area contributed by atoms with Crippen molar-refractivity contribution in [1.82, 2.24) is 5.32 Å². The van der Waals surface area contributed by atoms with E-state index in [0.717, 1.165) is 26.7 Å². The summed E-state index contributed by atoms with van der Waals surface area (Å²) < 4.78 is 0. The lowest BCUT2D eigenvalue weighted by Gasteiger charge is -2.08. The maximum Gasteiger partial charge on any atom is 0.251 e. The van der Waals surface area contributed by atoms with Crippen molar-refractivity contribution in [3.63, 3.8) is 0 Å². The quantitative estimate of drug-likeness (QED) is 0.645. The van der Waals surface area contributed by atoms with Gasteiger partial charge in [-0.15, -0.1) is 11.3 Å². The SMILES string of the molecule is CC1=Nc2cc(C(=O)NCc3cccs3)ccc2Sc2ccc(C)cc21. The molecule has 4 rings (SSSR count). The molecule has 0 saturated carbocycles. The molecule has 0 fully saturated rings. The molecular weight excluding hydrogens is 360 g/mol. The van der Waals surface area contributed by atoms with E-state index in [1.54, 1.807) is 23.1 Å². The maximum atomic E-state index is 12.5. The lowest BCUT2D eigenvalue weighted by molar-refractivity contribution is 0.0951. The van der Waals surface area contributed by atoms with Crippen LogP contribution in [0.5, 0.6) is 0 Å². The van der Waals surface area contributed by atoms with Crippen LogP contribution in [-0.2, 0) is 6.54 Å². The van der Waals surface area contributed by atoms with Gasteiger partial charge in [-0.3, -0.25) is 9.79 Å². The van der Waals surface area contributed by atoms with Crippen LogP contribution in [-0.4, -0.2) is 11.6 Å². The fourth-order valence-corrected chi connectivity index (χ4v) is 4.57. The first-order chi connectivity index (χ1) is 12.6. The Kier molecular flexibility index (Phi) is 4.66. The van der Waals surface area contributed by atoms with E-state index in [4.69, 9.17) is 4.99 Å². The third-order valence-corrected chi connectivity index (χ3v) is 6.27. The van der Waals surface area contributed by atoms with Gasteiger partial charge in [0, 0.05) is 31.5 Å². The van der Waals surface area contributed by atoms with E-state index in [2.05, 4.69) is 30.4 Å². The number of nitrogens with zero attached hydrogens (tertiary/aromatic N) is 1. The molecule has 130 valence electrons. The number of aliphatic imine (C=N–C) groups is 1. The van der Waals surface area contributed by atoms with Gasteiger partial charge in [-0.2, -0.15) is 0 Å². The van der Waals surface area contributed by atoms with Crippen molar-refractivity contribution in [3.8, 4) is 0 Å². The first kappa shape index (κ1) is 17.1. The lowest BCUT2D eigenvalue weighted by Crippen LogP contribution is -2.22. The summed E-state index contributed by atoms with van der Waals surface area (Å²) in [4.78, 5) is 20.7. The second kappa shape index (κ2) is 7.09. The molecule has 2 heterocycles. The standard InChI is InChI=1S/C21H18N2OS2/c1-13-5-7-19-17(10-13)14(2)23-18-11-15(6-8-20(18)26-19)21(24)22-12-16-4-3-9-25-16/h3-11H,12H2,1-2H3,(H,22,24). The third kappa shape index (κ3) is 3.45. The molecule has 5 heteroatoms. The summed E-state index contributed by atoms with van der Waals surface area (Å²) in [5, 5.41) is 4.99. The molecule has 1 N–H and O–H groups in total. The first-order valence-corrected chi connectivity index (χ1v) is 10.1. The minimum Gasteiger partial charge on any atom is -0.347 e. The van der Waals surface area contributed by atoms with Crippen LogP contribution in [0.1, 0.15) is 33.3 Å². The molecule has 26 heavy (non-hydrogen) atoms. The smallest absolute Gasteiger partial charge is 0.251 e. The normalized spacial score (nSPS) is 12.6. The van der Waals surface area contributed by atoms with E-state index in [1.807, 2.05) is 42.6 Å². The van der Waals surface area contributed by atoms with Gasteiger partial charge in [-0.1, -0.05) is 29.5 Å². The highest BCUT2D eigenvalue weighted by Gasteiger charge is 2.17. The van der Waals surface area contributed by atoms with Gasteiger partial charge in [0.1, 0.15) is 0 Å². The van der Waals surface area contributed by atoms with Crippen molar-refractivity contribution in [2.75, 3.05) is 0 Å². The van der Waals surface area contributed by atoms with Crippen molar-refractivity contribution in [3.05, 3.63) is 75.5 Å². The van der Waals surface area contributed by atoms with Crippen molar-refractivity contribution in [1.29, 1.82) is 0 Å². The maximum absolute atomic E-state index is 12.5.